The Bertz CT molecular complexity index is 983. The number of ether oxygens (including phenoxy) is 1. The molecule has 1 aromatic carbocycles. The van der Waals surface area contributed by atoms with Gasteiger partial charge in [0.2, 0.25) is 11.1 Å². The number of likely N-dealkylation sites (tertiary alicyclic amines) is 1. The molecule has 2 aliphatic rings. The summed E-state index contributed by atoms with van der Waals surface area (Å²) in [5.41, 5.74) is 1.05. The molecule has 0 N–H and O–H groups in total. The predicted octanol–water partition coefficient (Wildman–Crippen LogP) is 2.96. The average Bonchev–Trinajstić information content (AvgIpc) is 3.53. The van der Waals surface area contributed by atoms with Crippen molar-refractivity contribution in [3.8, 4) is 0 Å². The lowest BCUT2D eigenvalue weighted by atomic mass is 9.99. The number of carbonyl (C=O) groups excluding carboxylic acids is 1. The molecular formula is C20H24N6O2S2. The highest BCUT2D eigenvalue weighted by atomic mass is 32.2. The number of tetrazole rings is 1. The van der Waals surface area contributed by atoms with Crippen molar-refractivity contribution in [1.29, 1.82) is 0 Å². The van der Waals surface area contributed by atoms with Crippen LogP contribution in [0.2, 0.25) is 0 Å². The molecule has 158 valence electrons. The number of thiazole rings is 1. The van der Waals surface area contributed by atoms with Gasteiger partial charge in [-0.25, -0.2) is 9.67 Å². The van der Waals surface area contributed by atoms with Crippen LogP contribution in [0.5, 0.6) is 0 Å². The second-order valence-corrected chi connectivity index (χ2v) is 9.77. The molecule has 30 heavy (non-hydrogen) atoms. The zero-order valence-electron chi connectivity index (χ0n) is 16.6. The van der Waals surface area contributed by atoms with Gasteiger partial charge < -0.3 is 9.64 Å². The highest BCUT2D eigenvalue weighted by Crippen LogP contribution is 2.33. The summed E-state index contributed by atoms with van der Waals surface area (Å²) < 4.78 is 8.64. The maximum atomic E-state index is 12.9. The van der Waals surface area contributed by atoms with Crippen LogP contribution in [0.1, 0.15) is 36.6 Å². The van der Waals surface area contributed by atoms with Gasteiger partial charge in [-0.15, -0.1) is 16.4 Å². The Hall–Kier alpha value is -2.04. The molecule has 0 aliphatic carbocycles. The van der Waals surface area contributed by atoms with Crippen LogP contribution in [0.25, 0.3) is 10.2 Å². The molecule has 3 aromatic rings. The van der Waals surface area contributed by atoms with Crippen LogP contribution >= 0.6 is 23.1 Å². The Balaban J connectivity index is 1.19. The molecule has 0 unspecified atom stereocenters. The van der Waals surface area contributed by atoms with E-state index in [1.165, 1.54) is 16.5 Å². The molecule has 2 fully saturated rings. The van der Waals surface area contributed by atoms with Crippen LogP contribution < -0.4 is 0 Å². The number of fused-ring (bicyclic) bond motifs is 1. The summed E-state index contributed by atoms with van der Waals surface area (Å²) in [5.74, 6) is 0.797. The fourth-order valence-electron chi connectivity index (χ4n) is 4.08. The average molecular weight is 445 g/mol. The van der Waals surface area contributed by atoms with Crippen LogP contribution in [0.15, 0.2) is 29.4 Å². The lowest BCUT2D eigenvalue weighted by Gasteiger charge is -2.31. The fraction of sp³-hybridized carbons (Fsp3) is 0.550. The number of rotatable bonds is 6. The fourth-order valence-corrected chi connectivity index (χ4v) is 5.97. The highest BCUT2D eigenvalue weighted by molar-refractivity contribution is 7.99. The highest BCUT2D eigenvalue weighted by Gasteiger charge is 2.27. The minimum Gasteiger partial charge on any atom is -0.376 e. The van der Waals surface area contributed by atoms with Crippen LogP contribution in [0.4, 0.5) is 0 Å². The third-order valence-corrected chi connectivity index (χ3v) is 7.80. The van der Waals surface area contributed by atoms with Crippen molar-refractivity contribution in [2.24, 2.45) is 0 Å². The number of nitrogens with zero attached hydrogens (tertiary/aromatic N) is 6. The van der Waals surface area contributed by atoms with Crippen molar-refractivity contribution in [2.45, 2.75) is 49.4 Å². The summed E-state index contributed by atoms with van der Waals surface area (Å²) in [6.07, 6.45) is 4.37. The lowest BCUT2D eigenvalue weighted by molar-refractivity contribution is -0.129. The van der Waals surface area contributed by atoms with Gasteiger partial charge in [0.25, 0.3) is 0 Å². The van der Waals surface area contributed by atoms with E-state index in [1.807, 2.05) is 17.0 Å². The largest absolute Gasteiger partial charge is 0.376 e. The zero-order valence-corrected chi connectivity index (χ0v) is 18.3. The predicted molar refractivity (Wildman–Crippen MR) is 116 cm³/mol. The number of benzene rings is 1. The Morgan fingerprint density at radius 3 is 3.07 bits per heavy atom. The standard InChI is InChI=1S/C20H24N6O2S2/c27-18(13-29-20-22-23-24-26(20)12-15-6-4-10-28-15)25-9-3-5-14(11-25)19-21-16-7-1-2-8-17(16)30-19/h1-2,7-8,14-15H,3-6,9-13H2/t14-,15-/m0/s1. The molecule has 4 heterocycles. The Morgan fingerprint density at radius 1 is 1.27 bits per heavy atom. The molecule has 1 amide bonds. The summed E-state index contributed by atoms with van der Waals surface area (Å²) in [7, 11) is 0. The van der Waals surface area contributed by atoms with Crippen LogP contribution in [-0.2, 0) is 16.1 Å². The maximum absolute atomic E-state index is 12.9. The van der Waals surface area contributed by atoms with Gasteiger partial charge in [-0.1, -0.05) is 23.9 Å². The number of aromatic nitrogens is 5. The summed E-state index contributed by atoms with van der Waals surface area (Å²) in [4.78, 5) is 19.7. The molecule has 0 spiro atoms. The molecule has 2 atom stereocenters. The number of thioether (sulfide) groups is 1. The van der Waals surface area contributed by atoms with Crippen molar-refractivity contribution in [2.75, 3.05) is 25.4 Å². The van der Waals surface area contributed by atoms with Gasteiger partial charge in [0.1, 0.15) is 0 Å². The van der Waals surface area contributed by atoms with Crippen molar-refractivity contribution in [3.05, 3.63) is 29.3 Å². The number of hydrogen-bond donors (Lipinski definition) is 0. The first-order valence-electron chi connectivity index (χ1n) is 10.4. The summed E-state index contributed by atoms with van der Waals surface area (Å²) in [6, 6.07) is 8.23. The van der Waals surface area contributed by atoms with E-state index in [2.05, 4.69) is 27.7 Å². The van der Waals surface area contributed by atoms with Crippen LogP contribution in [0, 0.1) is 0 Å². The van der Waals surface area contributed by atoms with E-state index in [1.54, 1.807) is 16.0 Å². The number of hydrogen-bond acceptors (Lipinski definition) is 8. The molecule has 8 nitrogen and oxygen atoms in total. The molecule has 2 saturated heterocycles. The van der Waals surface area contributed by atoms with Gasteiger partial charge in [0, 0.05) is 25.6 Å². The van der Waals surface area contributed by atoms with Crippen LogP contribution in [-0.4, -0.2) is 67.6 Å². The Morgan fingerprint density at radius 2 is 2.20 bits per heavy atom. The van der Waals surface area contributed by atoms with Gasteiger partial charge in [-0.2, -0.15) is 0 Å². The molecular weight excluding hydrogens is 420 g/mol. The normalized spacial score (nSPS) is 22.1. The van der Waals surface area contributed by atoms with Gasteiger partial charge in [-0.3, -0.25) is 4.79 Å². The summed E-state index contributed by atoms with van der Waals surface area (Å²) >= 11 is 3.16. The molecule has 0 saturated carbocycles. The van der Waals surface area contributed by atoms with Gasteiger partial charge >= 0.3 is 0 Å². The second-order valence-electron chi connectivity index (χ2n) is 7.77. The van der Waals surface area contributed by atoms with Crippen LogP contribution in [0.3, 0.4) is 0 Å². The van der Waals surface area contributed by atoms with E-state index in [0.29, 0.717) is 23.4 Å². The summed E-state index contributed by atoms with van der Waals surface area (Å²) in [6.45, 7) is 2.99. The summed E-state index contributed by atoms with van der Waals surface area (Å²) in [5, 5.41) is 13.8. The molecule has 0 radical (unpaired) electrons. The molecule has 2 aromatic heterocycles. The van der Waals surface area contributed by atoms with Gasteiger partial charge in [0.15, 0.2) is 0 Å². The molecule has 0 bridgehead atoms. The Labute approximate surface area is 183 Å². The molecule has 2 aliphatic heterocycles. The number of piperidine rings is 1. The maximum Gasteiger partial charge on any atom is 0.233 e. The minimum absolute atomic E-state index is 0.137. The second kappa shape index (κ2) is 8.99. The van der Waals surface area contributed by atoms with E-state index in [-0.39, 0.29) is 12.0 Å². The van der Waals surface area contributed by atoms with E-state index >= 15 is 0 Å². The zero-order chi connectivity index (χ0) is 20.3. The lowest BCUT2D eigenvalue weighted by Crippen LogP contribution is -2.40. The number of para-hydroxylation sites is 1. The van der Waals surface area contributed by atoms with Gasteiger partial charge in [0.05, 0.1) is 33.6 Å². The molecule has 5 rings (SSSR count). The molecule has 10 heteroatoms. The SMILES string of the molecule is O=C(CSc1nnnn1C[C@@H]1CCCO1)N1CCC[C@H](c2nc3ccccc3s2)C1. The quantitative estimate of drug-likeness (QED) is 0.540. The van der Waals surface area contributed by atoms with E-state index in [4.69, 9.17) is 9.72 Å². The monoisotopic (exact) mass is 444 g/mol. The van der Waals surface area contributed by atoms with Gasteiger partial charge in [-0.05, 0) is 48.2 Å². The van der Waals surface area contributed by atoms with Crippen molar-refractivity contribution in [1.82, 2.24) is 30.1 Å². The third-order valence-electron chi connectivity index (χ3n) is 5.66. The first-order chi connectivity index (χ1) is 14.8. The number of carbonyl (C=O) groups is 1. The van der Waals surface area contributed by atoms with Crippen molar-refractivity contribution < 1.29 is 9.53 Å². The number of amides is 1. The minimum atomic E-state index is 0.137. The smallest absolute Gasteiger partial charge is 0.233 e. The first-order valence-corrected chi connectivity index (χ1v) is 12.2. The van der Waals surface area contributed by atoms with E-state index < -0.39 is 0 Å². The Kier molecular flexibility index (Phi) is 5.96. The van der Waals surface area contributed by atoms with Crippen molar-refractivity contribution in [3.63, 3.8) is 0 Å². The topological polar surface area (TPSA) is 86.0 Å². The third kappa shape index (κ3) is 4.35. The van der Waals surface area contributed by atoms with E-state index in [0.717, 1.165) is 55.9 Å². The van der Waals surface area contributed by atoms with E-state index in [9.17, 15) is 4.79 Å². The van der Waals surface area contributed by atoms with Crippen molar-refractivity contribution >= 4 is 39.2 Å². The first kappa shape index (κ1) is 19.9.